The van der Waals surface area contributed by atoms with E-state index in [0.29, 0.717) is 16.3 Å². The van der Waals surface area contributed by atoms with Crippen molar-refractivity contribution in [2.75, 3.05) is 24.6 Å². The van der Waals surface area contributed by atoms with Gasteiger partial charge in [-0.3, -0.25) is 4.79 Å². The Labute approximate surface area is 178 Å². The zero-order chi connectivity index (χ0) is 21.8. The third-order valence-electron chi connectivity index (χ3n) is 4.52. The molecule has 0 atom stereocenters. The number of ether oxygens (including phenoxy) is 1. The van der Waals surface area contributed by atoms with Gasteiger partial charge in [0.15, 0.2) is 6.61 Å². The zero-order valence-electron chi connectivity index (χ0n) is 16.2. The summed E-state index contributed by atoms with van der Waals surface area (Å²) in [5.41, 5.74) is 0.506. The molecule has 0 aromatic carbocycles. The summed E-state index contributed by atoms with van der Waals surface area (Å²) in [6.07, 6.45) is 1.57. The maximum Gasteiger partial charge on any atom is 0.422 e. The molecule has 0 radical (unpaired) electrons. The van der Waals surface area contributed by atoms with Crippen molar-refractivity contribution in [2.24, 2.45) is 0 Å². The first kappa shape index (κ1) is 21.2. The van der Waals surface area contributed by atoms with E-state index in [1.807, 2.05) is 0 Å². The van der Waals surface area contributed by atoms with Crippen molar-refractivity contribution in [3.63, 3.8) is 0 Å². The normalized spacial score (nSPS) is 14.6. The molecule has 31 heavy (non-hydrogen) atoms. The molecule has 0 spiro atoms. The van der Waals surface area contributed by atoms with Gasteiger partial charge >= 0.3 is 12.2 Å². The van der Waals surface area contributed by atoms with Crippen molar-refractivity contribution in [3.8, 4) is 17.3 Å². The second-order valence-electron chi connectivity index (χ2n) is 6.90. The molecule has 0 unspecified atom stereocenters. The van der Waals surface area contributed by atoms with Crippen LogP contribution in [0.1, 0.15) is 24.3 Å². The highest BCUT2D eigenvalue weighted by molar-refractivity contribution is 7.15. The van der Waals surface area contributed by atoms with Crippen LogP contribution in [0.5, 0.6) is 6.01 Å². The molecule has 0 N–H and O–H groups in total. The molecule has 1 aliphatic heterocycles. The second kappa shape index (κ2) is 8.96. The van der Waals surface area contributed by atoms with Crippen LogP contribution in [0.15, 0.2) is 29.3 Å². The summed E-state index contributed by atoms with van der Waals surface area (Å²) in [5.74, 6) is 0. The molecule has 4 heterocycles. The van der Waals surface area contributed by atoms with Crippen LogP contribution >= 0.6 is 11.3 Å². The summed E-state index contributed by atoms with van der Waals surface area (Å²) in [4.78, 5) is 22.0. The summed E-state index contributed by atoms with van der Waals surface area (Å²) in [5, 5.41) is 14.2. The highest BCUT2D eigenvalue weighted by atomic mass is 32.1. The quantitative estimate of drug-likeness (QED) is 0.562. The number of rotatable bonds is 6. The molecule has 1 fully saturated rings. The van der Waals surface area contributed by atoms with Gasteiger partial charge in [-0.2, -0.15) is 18.3 Å². The minimum Gasteiger partial charge on any atom is -0.454 e. The Hall–Kier alpha value is -3.09. The lowest BCUT2D eigenvalue weighted by atomic mass is 10.1. The van der Waals surface area contributed by atoms with Gasteiger partial charge in [-0.05, 0) is 25.3 Å². The fourth-order valence-electron chi connectivity index (χ4n) is 3.04. The number of halogens is 3. The number of hydrogen-bond donors (Lipinski definition) is 0. The lowest BCUT2D eigenvalue weighted by Gasteiger charge is -2.25. The smallest absolute Gasteiger partial charge is 0.422 e. The van der Waals surface area contributed by atoms with Crippen LogP contribution in [0, 0.1) is 0 Å². The van der Waals surface area contributed by atoms with Crippen LogP contribution in [-0.2, 0) is 6.54 Å². The number of piperidine rings is 1. The van der Waals surface area contributed by atoms with Gasteiger partial charge in [0.2, 0.25) is 5.13 Å². The highest BCUT2D eigenvalue weighted by Crippen LogP contribution is 2.24. The predicted molar refractivity (Wildman–Crippen MR) is 106 cm³/mol. The lowest BCUT2D eigenvalue weighted by Crippen LogP contribution is -2.29. The Balaban J connectivity index is 1.47. The molecule has 0 bridgehead atoms. The maximum atomic E-state index is 12.2. The van der Waals surface area contributed by atoms with Crippen LogP contribution in [0.25, 0.3) is 11.3 Å². The van der Waals surface area contributed by atoms with Crippen molar-refractivity contribution in [3.05, 3.63) is 39.9 Å². The first-order valence-corrected chi connectivity index (χ1v) is 10.4. The first-order chi connectivity index (χ1) is 14.9. The summed E-state index contributed by atoms with van der Waals surface area (Å²) in [7, 11) is 0. The number of aromatic nitrogens is 6. The Morgan fingerprint density at radius 1 is 1.06 bits per heavy atom. The molecule has 0 saturated carbocycles. The summed E-state index contributed by atoms with van der Waals surface area (Å²) in [6.45, 7) is 0.582. The van der Waals surface area contributed by atoms with E-state index in [0.717, 1.165) is 31.1 Å². The molecule has 4 rings (SSSR count). The van der Waals surface area contributed by atoms with E-state index in [2.05, 4.69) is 34.9 Å². The first-order valence-electron chi connectivity index (χ1n) is 9.55. The minimum atomic E-state index is -4.47. The van der Waals surface area contributed by atoms with Crippen LogP contribution < -0.4 is 15.2 Å². The van der Waals surface area contributed by atoms with Crippen molar-refractivity contribution in [1.82, 2.24) is 29.9 Å². The Bertz CT molecular complexity index is 1080. The number of alkyl halides is 3. The van der Waals surface area contributed by atoms with Crippen molar-refractivity contribution >= 4 is 16.5 Å². The van der Waals surface area contributed by atoms with E-state index < -0.39 is 18.8 Å². The van der Waals surface area contributed by atoms with Crippen LogP contribution in [0.3, 0.4) is 0 Å². The Morgan fingerprint density at radius 3 is 2.52 bits per heavy atom. The van der Waals surface area contributed by atoms with Crippen LogP contribution in [-0.4, -0.2) is 55.8 Å². The van der Waals surface area contributed by atoms with Gasteiger partial charge in [0, 0.05) is 37.1 Å². The summed E-state index contributed by atoms with van der Waals surface area (Å²) >= 11 is 1.42. The van der Waals surface area contributed by atoms with Crippen LogP contribution in [0.4, 0.5) is 18.3 Å². The van der Waals surface area contributed by atoms with E-state index in [4.69, 9.17) is 0 Å². The zero-order valence-corrected chi connectivity index (χ0v) is 17.1. The van der Waals surface area contributed by atoms with Gasteiger partial charge in [-0.15, -0.1) is 10.2 Å². The lowest BCUT2D eigenvalue weighted by molar-refractivity contribution is -0.154. The van der Waals surface area contributed by atoms with E-state index in [1.165, 1.54) is 47.0 Å². The number of nitrogens with zero attached hydrogens (tertiary/aromatic N) is 7. The third-order valence-corrected chi connectivity index (χ3v) is 5.49. The van der Waals surface area contributed by atoms with Gasteiger partial charge < -0.3 is 9.64 Å². The summed E-state index contributed by atoms with van der Waals surface area (Å²) in [6, 6.07) is 2.45. The average Bonchev–Trinajstić information content (AvgIpc) is 3.23. The minimum absolute atomic E-state index is 0.159. The average molecular weight is 453 g/mol. The van der Waals surface area contributed by atoms with Gasteiger partial charge in [0.05, 0.1) is 12.2 Å². The third kappa shape index (κ3) is 5.54. The topological polar surface area (TPSA) is 98.9 Å². The van der Waals surface area contributed by atoms with Crippen LogP contribution in [0.2, 0.25) is 0 Å². The predicted octanol–water partition coefficient (Wildman–Crippen LogP) is 2.53. The standard InChI is InChI=1S/C18H18F3N7O2S/c19-18(20,21)11-30-16-22-8-12(9-23-16)13-4-5-15(29)28(26-13)10-14-24-25-17(31-14)27-6-2-1-3-7-27/h4-5,8-9H,1-3,6-7,10-11H2. The van der Waals surface area contributed by atoms with Crippen molar-refractivity contribution in [2.45, 2.75) is 32.0 Å². The van der Waals surface area contributed by atoms with Gasteiger partial charge in [0.25, 0.3) is 5.56 Å². The van der Waals surface area contributed by atoms with Gasteiger partial charge in [0.1, 0.15) is 5.01 Å². The molecule has 3 aromatic rings. The van der Waals surface area contributed by atoms with E-state index in [-0.39, 0.29) is 12.1 Å². The molecule has 3 aromatic heterocycles. The van der Waals surface area contributed by atoms with E-state index in [1.54, 1.807) is 0 Å². The van der Waals surface area contributed by atoms with Gasteiger partial charge in [-0.1, -0.05) is 11.3 Å². The molecule has 0 aliphatic carbocycles. The van der Waals surface area contributed by atoms with Gasteiger partial charge in [-0.25, -0.2) is 14.6 Å². The highest BCUT2D eigenvalue weighted by Gasteiger charge is 2.29. The molecular formula is C18H18F3N7O2S. The molecule has 1 aliphatic rings. The largest absolute Gasteiger partial charge is 0.454 e. The molecule has 1 saturated heterocycles. The SMILES string of the molecule is O=c1ccc(-c2cnc(OCC(F)(F)F)nc2)nn1Cc1nnc(N2CCCCC2)s1. The van der Waals surface area contributed by atoms with E-state index in [9.17, 15) is 18.0 Å². The maximum absolute atomic E-state index is 12.2. The number of hydrogen-bond acceptors (Lipinski definition) is 9. The fraction of sp³-hybridized carbons (Fsp3) is 0.444. The fourth-order valence-corrected chi connectivity index (χ4v) is 3.91. The Morgan fingerprint density at radius 2 is 1.81 bits per heavy atom. The molecule has 13 heteroatoms. The monoisotopic (exact) mass is 453 g/mol. The van der Waals surface area contributed by atoms with E-state index >= 15 is 0 Å². The van der Waals surface area contributed by atoms with Crippen molar-refractivity contribution in [1.29, 1.82) is 0 Å². The summed E-state index contributed by atoms with van der Waals surface area (Å²) < 4.78 is 42.4. The second-order valence-corrected chi connectivity index (χ2v) is 7.94. The number of anilines is 1. The molecule has 164 valence electrons. The molecule has 9 nitrogen and oxygen atoms in total. The van der Waals surface area contributed by atoms with Crippen molar-refractivity contribution < 1.29 is 17.9 Å². The molecule has 0 amide bonds. The molecular weight excluding hydrogens is 435 g/mol. The Kier molecular flexibility index (Phi) is 6.11.